The summed E-state index contributed by atoms with van der Waals surface area (Å²) in [4.78, 5) is 27.1. The van der Waals surface area contributed by atoms with E-state index in [4.69, 9.17) is 0 Å². The molecule has 0 aliphatic carbocycles. The van der Waals surface area contributed by atoms with Gasteiger partial charge >= 0.3 is 0 Å². The van der Waals surface area contributed by atoms with E-state index < -0.39 is 15.4 Å². The van der Waals surface area contributed by atoms with Crippen molar-refractivity contribution in [1.29, 1.82) is 0 Å². The second-order valence-corrected chi connectivity index (χ2v) is 11.7. The van der Waals surface area contributed by atoms with Gasteiger partial charge in [-0.2, -0.15) is 4.31 Å². The van der Waals surface area contributed by atoms with Gasteiger partial charge in [0.15, 0.2) is 0 Å². The van der Waals surface area contributed by atoms with Crippen molar-refractivity contribution in [3.8, 4) is 0 Å². The van der Waals surface area contributed by atoms with Gasteiger partial charge in [-0.25, -0.2) is 8.42 Å². The number of benzene rings is 2. The van der Waals surface area contributed by atoms with Gasteiger partial charge in [-0.1, -0.05) is 6.07 Å². The number of fused-ring (bicyclic) bond motifs is 1. The number of sulfonamides is 1. The zero-order valence-electron chi connectivity index (χ0n) is 19.8. The molecule has 2 aromatic carbocycles. The highest BCUT2D eigenvalue weighted by atomic mass is 32.2. The number of nitrogens with one attached hydrogen (secondary N) is 1. The van der Waals surface area contributed by atoms with Crippen molar-refractivity contribution in [2.45, 2.75) is 50.8 Å². The molecule has 0 spiro atoms. The predicted molar refractivity (Wildman–Crippen MR) is 129 cm³/mol. The third-order valence-electron chi connectivity index (χ3n) is 6.79. The minimum Gasteiger partial charge on any atom is -0.326 e. The van der Waals surface area contributed by atoms with E-state index in [1.54, 1.807) is 30.1 Å². The van der Waals surface area contributed by atoms with Gasteiger partial charge in [-0.3, -0.25) is 9.59 Å². The molecule has 0 radical (unpaired) electrons. The number of likely N-dealkylation sites (N-methyl/N-ethyl adjacent to an activating group) is 1. The summed E-state index contributed by atoms with van der Waals surface area (Å²) < 4.78 is 28.1. The van der Waals surface area contributed by atoms with E-state index in [9.17, 15) is 18.0 Å². The van der Waals surface area contributed by atoms with Crippen LogP contribution in [0.25, 0.3) is 0 Å². The maximum atomic E-state index is 13.3. The molecule has 2 amide bonds. The summed E-state index contributed by atoms with van der Waals surface area (Å²) in [5.41, 5.74) is 3.63. The third kappa shape index (κ3) is 4.17. The molecular weight excluding hydrogens is 438 g/mol. The van der Waals surface area contributed by atoms with Crippen molar-refractivity contribution < 1.29 is 18.0 Å². The van der Waals surface area contributed by atoms with Gasteiger partial charge in [0.05, 0.1) is 10.3 Å². The maximum Gasteiger partial charge on any atom is 0.243 e. The first kappa shape index (κ1) is 23.4. The molecule has 2 aromatic rings. The molecule has 2 heterocycles. The topological polar surface area (TPSA) is 86.8 Å². The number of amides is 2. The van der Waals surface area contributed by atoms with Crippen LogP contribution in [0.1, 0.15) is 43.4 Å². The molecule has 1 fully saturated rings. The Labute approximate surface area is 195 Å². The quantitative estimate of drug-likeness (QED) is 0.741. The Hall–Kier alpha value is -2.71. The standard InChI is InChI=1S/C25H31N3O4S/c1-16-12-17(2)14-19(13-16)26-23(29)18-8-10-28(11-9-18)33(31,32)20-6-7-22-21(15-20)25(3,4)24(30)27(22)5/h6-7,12-15,18H,8-11H2,1-5H3,(H,26,29). The lowest BCUT2D eigenvalue weighted by atomic mass is 9.86. The van der Waals surface area contributed by atoms with Crippen molar-refractivity contribution in [3.63, 3.8) is 0 Å². The Bertz CT molecular complexity index is 1210. The molecule has 2 aliphatic rings. The number of carbonyl (C=O) groups is 2. The number of piperidine rings is 1. The van der Waals surface area contributed by atoms with Gasteiger partial charge in [0.1, 0.15) is 0 Å². The third-order valence-corrected chi connectivity index (χ3v) is 8.69. The van der Waals surface area contributed by atoms with Crippen molar-refractivity contribution >= 4 is 33.2 Å². The van der Waals surface area contributed by atoms with Crippen LogP contribution in [-0.4, -0.2) is 44.7 Å². The van der Waals surface area contributed by atoms with Crippen LogP contribution in [0, 0.1) is 19.8 Å². The molecule has 0 unspecified atom stereocenters. The zero-order valence-corrected chi connectivity index (χ0v) is 20.6. The van der Waals surface area contributed by atoms with E-state index in [1.807, 2.05) is 45.9 Å². The fourth-order valence-corrected chi connectivity index (χ4v) is 6.41. The summed E-state index contributed by atoms with van der Waals surface area (Å²) in [6.07, 6.45) is 0.932. The smallest absolute Gasteiger partial charge is 0.243 e. The van der Waals surface area contributed by atoms with Gasteiger partial charge in [0, 0.05) is 37.4 Å². The Morgan fingerprint density at radius 2 is 1.64 bits per heavy atom. The molecule has 7 nitrogen and oxygen atoms in total. The normalized spacial score (nSPS) is 18.9. The Morgan fingerprint density at radius 1 is 1.03 bits per heavy atom. The summed E-state index contributed by atoms with van der Waals surface area (Å²) in [5.74, 6) is -0.358. The molecule has 33 heavy (non-hydrogen) atoms. The minimum absolute atomic E-state index is 0.0531. The van der Waals surface area contributed by atoms with E-state index >= 15 is 0 Å². The average molecular weight is 470 g/mol. The average Bonchev–Trinajstić information content (AvgIpc) is 2.93. The summed E-state index contributed by atoms with van der Waals surface area (Å²) in [6, 6.07) is 10.8. The molecule has 1 N–H and O–H groups in total. The molecule has 0 aromatic heterocycles. The fraction of sp³-hybridized carbons (Fsp3) is 0.440. The van der Waals surface area contributed by atoms with Crippen LogP contribution in [0.4, 0.5) is 11.4 Å². The van der Waals surface area contributed by atoms with E-state index in [1.165, 1.54) is 4.31 Å². The van der Waals surface area contributed by atoms with E-state index in [0.29, 0.717) is 12.8 Å². The van der Waals surface area contributed by atoms with E-state index in [-0.39, 0.29) is 35.7 Å². The molecule has 8 heteroatoms. The zero-order chi connectivity index (χ0) is 24.1. The number of hydrogen-bond donors (Lipinski definition) is 1. The number of nitrogens with zero attached hydrogens (tertiary/aromatic N) is 2. The minimum atomic E-state index is -3.72. The van der Waals surface area contributed by atoms with Crippen LogP contribution in [0.2, 0.25) is 0 Å². The molecule has 1 saturated heterocycles. The highest BCUT2D eigenvalue weighted by Gasteiger charge is 2.43. The highest BCUT2D eigenvalue weighted by molar-refractivity contribution is 7.89. The second kappa shape index (κ2) is 8.25. The molecular formula is C25H31N3O4S. The number of rotatable bonds is 4. The van der Waals surface area contributed by atoms with Crippen molar-refractivity contribution in [2.75, 3.05) is 30.4 Å². The van der Waals surface area contributed by atoms with Crippen LogP contribution < -0.4 is 10.2 Å². The summed E-state index contributed by atoms with van der Waals surface area (Å²) in [5, 5.41) is 2.98. The van der Waals surface area contributed by atoms with Crippen molar-refractivity contribution in [3.05, 3.63) is 53.1 Å². The summed E-state index contributed by atoms with van der Waals surface area (Å²) in [6.45, 7) is 8.17. The lowest BCUT2D eigenvalue weighted by molar-refractivity contribution is -0.122. The molecule has 4 rings (SSSR count). The van der Waals surface area contributed by atoms with Gasteiger partial charge in [0.2, 0.25) is 21.8 Å². The van der Waals surface area contributed by atoms with Gasteiger partial charge in [0.25, 0.3) is 0 Å². The lowest BCUT2D eigenvalue weighted by Crippen LogP contribution is -2.41. The summed E-state index contributed by atoms with van der Waals surface area (Å²) >= 11 is 0. The Balaban J connectivity index is 1.46. The van der Waals surface area contributed by atoms with E-state index in [0.717, 1.165) is 28.1 Å². The van der Waals surface area contributed by atoms with Gasteiger partial charge in [-0.15, -0.1) is 0 Å². The molecule has 0 saturated carbocycles. The molecule has 176 valence electrons. The first-order valence-corrected chi connectivity index (χ1v) is 12.7. The highest BCUT2D eigenvalue weighted by Crippen LogP contribution is 2.42. The summed E-state index contributed by atoms with van der Waals surface area (Å²) in [7, 11) is -2.01. The van der Waals surface area contributed by atoms with Crippen LogP contribution in [0.5, 0.6) is 0 Å². The van der Waals surface area contributed by atoms with Crippen LogP contribution >= 0.6 is 0 Å². The lowest BCUT2D eigenvalue weighted by Gasteiger charge is -2.31. The predicted octanol–water partition coefficient (Wildman–Crippen LogP) is 3.60. The Kier molecular flexibility index (Phi) is 5.87. The van der Waals surface area contributed by atoms with Crippen LogP contribution in [-0.2, 0) is 25.0 Å². The molecule has 2 aliphatic heterocycles. The number of carbonyl (C=O) groups excluding carboxylic acids is 2. The number of aryl methyl sites for hydroxylation is 2. The van der Waals surface area contributed by atoms with Crippen LogP contribution in [0.3, 0.4) is 0 Å². The molecule has 0 atom stereocenters. The van der Waals surface area contributed by atoms with E-state index in [2.05, 4.69) is 5.32 Å². The Morgan fingerprint density at radius 3 is 2.24 bits per heavy atom. The second-order valence-electron chi connectivity index (χ2n) is 9.71. The van der Waals surface area contributed by atoms with Crippen molar-refractivity contribution in [2.24, 2.45) is 5.92 Å². The van der Waals surface area contributed by atoms with Crippen molar-refractivity contribution in [1.82, 2.24) is 4.31 Å². The molecule has 0 bridgehead atoms. The maximum absolute atomic E-state index is 13.3. The largest absolute Gasteiger partial charge is 0.326 e. The number of anilines is 2. The monoisotopic (exact) mass is 469 g/mol. The fourth-order valence-electron chi connectivity index (χ4n) is 4.91. The SMILES string of the molecule is Cc1cc(C)cc(NC(=O)C2CCN(S(=O)(=O)c3ccc4c(c3)C(C)(C)C(=O)N4C)CC2)c1. The number of hydrogen-bond acceptors (Lipinski definition) is 4. The first-order chi connectivity index (χ1) is 15.4. The van der Waals surface area contributed by atoms with Crippen LogP contribution in [0.15, 0.2) is 41.3 Å². The van der Waals surface area contributed by atoms with Gasteiger partial charge in [-0.05, 0) is 87.6 Å². The first-order valence-electron chi connectivity index (χ1n) is 11.2. The van der Waals surface area contributed by atoms with Gasteiger partial charge < -0.3 is 10.2 Å².